The van der Waals surface area contributed by atoms with Gasteiger partial charge in [0, 0.05) is 18.0 Å². The van der Waals surface area contributed by atoms with Gasteiger partial charge >= 0.3 is 6.18 Å². The number of halogens is 3. The normalized spacial score (nSPS) is 17.4. The molecular weight excluding hydrogens is 343 g/mol. The zero-order chi connectivity index (χ0) is 18.7. The lowest BCUT2D eigenvalue weighted by molar-refractivity contribution is -0.137. The van der Waals surface area contributed by atoms with Crippen LogP contribution in [0.15, 0.2) is 24.5 Å². The van der Waals surface area contributed by atoms with Crippen molar-refractivity contribution in [2.45, 2.75) is 64.1 Å². The summed E-state index contributed by atoms with van der Waals surface area (Å²) >= 11 is 0. The summed E-state index contributed by atoms with van der Waals surface area (Å²) in [6.45, 7) is 2.03. The Kier molecular flexibility index (Phi) is 5.65. The molecule has 0 radical (unpaired) electrons. The van der Waals surface area contributed by atoms with Crippen molar-refractivity contribution in [1.29, 1.82) is 0 Å². The topological polar surface area (TPSA) is 50.9 Å². The second-order valence-electron chi connectivity index (χ2n) is 6.97. The number of nitrogens with zero attached hydrogens (tertiary/aromatic N) is 3. The van der Waals surface area contributed by atoms with Crippen molar-refractivity contribution in [2.75, 3.05) is 0 Å². The van der Waals surface area contributed by atoms with Gasteiger partial charge in [-0.1, -0.05) is 32.6 Å². The van der Waals surface area contributed by atoms with Crippen molar-refractivity contribution in [2.24, 2.45) is 5.92 Å². The number of hydrogen-bond acceptors (Lipinski definition) is 3. The maximum atomic E-state index is 12.7. The number of pyridine rings is 1. The molecule has 0 spiro atoms. The van der Waals surface area contributed by atoms with Crippen LogP contribution in [0.1, 0.15) is 68.4 Å². The predicted molar refractivity (Wildman–Crippen MR) is 91.9 cm³/mol. The van der Waals surface area contributed by atoms with Gasteiger partial charge in [0.25, 0.3) is 0 Å². The van der Waals surface area contributed by atoms with Gasteiger partial charge < -0.3 is 5.11 Å². The lowest BCUT2D eigenvalue weighted by Gasteiger charge is -2.26. The number of hydrogen-bond donors (Lipinski definition) is 1. The summed E-state index contributed by atoms with van der Waals surface area (Å²) in [4.78, 5) is 3.90. The molecule has 1 aliphatic carbocycles. The number of aliphatic hydroxyl groups excluding tert-OH is 1. The molecule has 1 N–H and O–H groups in total. The molecule has 1 unspecified atom stereocenters. The van der Waals surface area contributed by atoms with Crippen molar-refractivity contribution >= 4 is 0 Å². The fourth-order valence-corrected chi connectivity index (χ4v) is 3.61. The molecule has 1 saturated carbocycles. The molecule has 1 atom stereocenters. The van der Waals surface area contributed by atoms with Crippen LogP contribution < -0.4 is 0 Å². The smallest absolute Gasteiger partial charge is 0.388 e. The third kappa shape index (κ3) is 4.09. The van der Waals surface area contributed by atoms with Gasteiger partial charge in [0.15, 0.2) is 5.82 Å². The minimum atomic E-state index is -4.41. The first-order chi connectivity index (χ1) is 12.4. The minimum Gasteiger partial charge on any atom is -0.388 e. The van der Waals surface area contributed by atoms with Crippen molar-refractivity contribution in [3.05, 3.63) is 41.3 Å². The minimum absolute atomic E-state index is 0.220. The first-order valence-electron chi connectivity index (χ1n) is 9.20. The summed E-state index contributed by atoms with van der Waals surface area (Å²) < 4.78 is 39.6. The third-order valence-corrected chi connectivity index (χ3v) is 5.03. The predicted octanol–water partition coefficient (Wildman–Crippen LogP) is 4.85. The molecule has 7 heteroatoms. The summed E-state index contributed by atoms with van der Waals surface area (Å²) in [6.07, 6.45) is 4.58. The molecule has 3 rings (SSSR count). The fraction of sp³-hybridized carbons (Fsp3) is 0.579. The van der Waals surface area contributed by atoms with Crippen molar-refractivity contribution in [3.8, 4) is 5.82 Å². The van der Waals surface area contributed by atoms with Crippen LogP contribution in [0.25, 0.3) is 5.82 Å². The Morgan fingerprint density at radius 2 is 1.96 bits per heavy atom. The fourth-order valence-electron chi connectivity index (χ4n) is 3.61. The van der Waals surface area contributed by atoms with Crippen LogP contribution in [-0.4, -0.2) is 19.9 Å². The zero-order valence-electron chi connectivity index (χ0n) is 14.8. The molecule has 26 heavy (non-hydrogen) atoms. The standard InChI is InChI=1S/C19H24F3N3O/c1-2-6-16-15(18(26)13-7-4-3-5-8-13)12-25(24-16)17-10-9-14(11-23-17)19(20,21)22/h9-13,18,26H,2-8H2,1H3. The summed E-state index contributed by atoms with van der Waals surface area (Å²) in [6, 6.07) is 2.31. The third-order valence-electron chi connectivity index (χ3n) is 5.03. The summed E-state index contributed by atoms with van der Waals surface area (Å²) in [5.74, 6) is 0.537. The Morgan fingerprint density at radius 3 is 2.54 bits per heavy atom. The van der Waals surface area contributed by atoms with Gasteiger partial charge in [-0.25, -0.2) is 9.67 Å². The van der Waals surface area contributed by atoms with E-state index >= 15 is 0 Å². The van der Waals surface area contributed by atoms with Crippen molar-refractivity contribution in [3.63, 3.8) is 0 Å². The number of aryl methyl sites for hydroxylation is 1. The molecule has 4 nitrogen and oxygen atoms in total. The highest BCUT2D eigenvalue weighted by atomic mass is 19.4. The summed E-state index contributed by atoms with van der Waals surface area (Å²) in [5, 5.41) is 15.3. The molecule has 1 aliphatic rings. The van der Waals surface area contributed by atoms with Crippen LogP contribution in [-0.2, 0) is 12.6 Å². The van der Waals surface area contributed by atoms with E-state index < -0.39 is 17.8 Å². The van der Waals surface area contributed by atoms with E-state index in [-0.39, 0.29) is 5.92 Å². The molecule has 0 saturated heterocycles. The lowest BCUT2D eigenvalue weighted by atomic mass is 9.82. The quantitative estimate of drug-likeness (QED) is 0.822. The molecule has 0 bridgehead atoms. The molecular formula is C19H24F3N3O. The highest BCUT2D eigenvalue weighted by molar-refractivity contribution is 5.30. The average molecular weight is 367 g/mol. The van der Waals surface area contributed by atoms with Gasteiger partial charge in [-0.3, -0.25) is 0 Å². The van der Waals surface area contributed by atoms with Gasteiger partial charge in [0.2, 0.25) is 0 Å². The Balaban J connectivity index is 1.88. The summed E-state index contributed by atoms with van der Waals surface area (Å²) in [7, 11) is 0. The van der Waals surface area contributed by atoms with E-state index in [0.717, 1.165) is 55.6 Å². The van der Waals surface area contributed by atoms with Gasteiger partial charge in [0.1, 0.15) is 0 Å². The molecule has 142 valence electrons. The molecule has 0 aromatic carbocycles. The van der Waals surface area contributed by atoms with E-state index in [4.69, 9.17) is 0 Å². The maximum absolute atomic E-state index is 12.7. The van der Waals surface area contributed by atoms with Crippen LogP contribution in [0.3, 0.4) is 0 Å². The second kappa shape index (κ2) is 7.78. The van der Waals surface area contributed by atoms with Gasteiger partial charge in [-0.2, -0.15) is 18.3 Å². The van der Waals surface area contributed by atoms with Crippen LogP contribution >= 0.6 is 0 Å². The van der Waals surface area contributed by atoms with E-state index in [1.165, 1.54) is 17.2 Å². The van der Waals surface area contributed by atoms with Crippen LogP contribution in [0.2, 0.25) is 0 Å². The Bertz CT molecular complexity index is 719. The zero-order valence-corrected chi connectivity index (χ0v) is 14.8. The van der Waals surface area contributed by atoms with Crippen LogP contribution in [0, 0.1) is 5.92 Å². The van der Waals surface area contributed by atoms with Crippen LogP contribution in [0.5, 0.6) is 0 Å². The largest absolute Gasteiger partial charge is 0.417 e. The molecule has 2 heterocycles. The number of alkyl halides is 3. The van der Waals surface area contributed by atoms with E-state index in [0.29, 0.717) is 12.2 Å². The van der Waals surface area contributed by atoms with Gasteiger partial charge in [0.05, 0.1) is 17.4 Å². The Hall–Kier alpha value is -1.89. The number of aliphatic hydroxyl groups is 1. The Labute approximate surface area is 151 Å². The first kappa shape index (κ1) is 18.9. The monoisotopic (exact) mass is 367 g/mol. The molecule has 2 aromatic rings. The summed E-state index contributed by atoms with van der Waals surface area (Å²) in [5.41, 5.74) is 0.789. The van der Waals surface area contributed by atoms with E-state index in [1.54, 1.807) is 6.20 Å². The van der Waals surface area contributed by atoms with Crippen LogP contribution in [0.4, 0.5) is 13.2 Å². The van der Waals surface area contributed by atoms with E-state index in [9.17, 15) is 18.3 Å². The highest BCUT2D eigenvalue weighted by Crippen LogP contribution is 2.36. The van der Waals surface area contributed by atoms with Gasteiger partial charge in [-0.05, 0) is 37.3 Å². The highest BCUT2D eigenvalue weighted by Gasteiger charge is 2.31. The number of aromatic nitrogens is 3. The van der Waals surface area contributed by atoms with E-state index in [2.05, 4.69) is 10.1 Å². The first-order valence-corrected chi connectivity index (χ1v) is 9.20. The molecule has 1 fully saturated rings. The molecule has 0 amide bonds. The van der Waals surface area contributed by atoms with Crippen molar-refractivity contribution < 1.29 is 18.3 Å². The SMILES string of the molecule is CCCc1nn(-c2ccc(C(F)(F)F)cn2)cc1C(O)C1CCCCC1. The maximum Gasteiger partial charge on any atom is 0.417 e. The van der Waals surface area contributed by atoms with E-state index in [1.807, 2.05) is 6.92 Å². The van der Waals surface area contributed by atoms with Gasteiger partial charge in [-0.15, -0.1) is 0 Å². The average Bonchev–Trinajstić information content (AvgIpc) is 3.05. The molecule has 0 aliphatic heterocycles. The van der Waals surface area contributed by atoms with Crippen molar-refractivity contribution in [1.82, 2.24) is 14.8 Å². The molecule has 2 aromatic heterocycles. The number of rotatable bonds is 5. The second-order valence-corrected chi connectivity index (χ2v) is 6.97. The lowest BCUT2D eigenvalue weighted by Crippen LogP contribution is -2.16. The Morgan fingerprint density at radius 1 is 1.23 bits per heavy atom.